The lowest BCUT2D eigenvalue weighted by Crippen LogP contribution is -2.20. The van der Waals surface area contributed by atoms with E-state index in [1.54, 1.807) is 19.2 Å². The van der Waals surface area contributed by atoms with Gasteiger partial charge < -0.3 is 15.2 Å². The summed E-state index contributed by atoms with van der Waals surface area (Å²) in [6.07, 6.45) is 0. The Morgan fingerprint density at radius 1 is 1.24 bits per heavy atom. The van der Waals surface area contributed by atoms with E-state index >= 15 is 0 Å². The van der Waals surface area contributed by atoms with Crippen LogP contribution in [0.25, 0.3) is 0 Å². The van der Waals surface area contributed by atoms with Crippen LogP contribution in [0, 0.1) is 0 Å². The van der Waals surface area contributed by atoms with Crippen LogP contribution in [0.4, 0.5) is 5.69 Å². The molecule has 5 nitrogen and oxygen atoms in total. The third kappa shape index (κ3) is 5.06. The average molecular weight is 259 g/mol. The molecule has 0 unspecified atom stereocenters. The number of hydrogen-bond donors (Lipinski definition) is 2. The molecule has 2 N–H and O–H groups in total. The zero-order valence-corrected chi connectivity index (χ0v) is 10.5. The highest BCUT2D eigenvalue weighted by Gasteiger charge is 2.08. The Morgan fingerprint density at radius 2 is 1.88 bits per heavy atom. The van der Waals surface area contributed by atoms with Crippen LogP contribution in [0.15, 0.2) is 24.3 Å². The molecule has 0 radical (unpaired) electrons. The van der Waals surface area contributed by atoms with Crippen LogP contribution < -0.4 is 10.1 Å². The van der Waals surface area contributed by atoms with Crippen molar-refractivity contribution in [3.63, 3.8) is 0 Å². The third-order valence-electron chi connectivity index (χ3n) is 2.23. The molecular weight excluding hydrogens is 242 g/mol. The van der Waals surface area contributed by atoms with Gasteiger partial charge in [0.2, 0.25) is 0 Å². The molecule has 1 aromatic carbocycles. The molecule has 0 atom stereocenters. The van der Waals surface area contributed by atoms with Gasteiger partial charge in [0, 0.05) is 12.2 Å². The van der Waals surface area contributed by atoms with Crippen LogP contribution >= 0.6 is 0 Å². The number of methoxy groups -OCH3 is 1. The molecule has 0 bridgehead atoms. The third-order valence-corrected chi connectivity index (χ3v) is 3.87. The second-order valence-corrected chi connectivity index (χ2v) is 5.83. The predicted octanol–water partition coefficient (Wildman–Crippen LogP) is 0.514. The number of ether oxygens (including phenoxy) is 1. The molecule has 0 aliphatic heterocycles. The molecule has 0 fully saturated rings. The first-order chi connectivity index (χ1) is 8.07. The zero-order valence-electron chi connectivity index (χ0n) is 9.72. The van der Waals surface area contributed by atoms with Crippen molar-refractivity contribution in [1.82, 2.24) is 0 Å². The van der Waals surface area contributed by atoms with Crippen molar-refractivity contribution in [1.29, 1.82) is 0 Å². The number of sulfone groups is 1. The summed E-state index contributed by atoms with van der Waals surface area (Å²) in [4.78, 5) is 0. The van der Waals surface area contributed by atoms with Gasteiger partial charge in [0.25, 0.3) is 0 Å². The summed E-state index contributed by atoms with van der Waals surface area (Å²) in [6.45, 7) is -0.000465. The molecular formula is C11H17NO4S. The Morgan fingerprint density at radius 3 is 2.41 bits per heavy atom. The Labute approximate surface area is 101 Å². The molecule has 17 heavy (non-hydrogen) atoms. The Balaban J connectivity index is 2.40. The first-order valence-corrected chi connectivity index (χ1v) is 7.09. The van der Waals surface area contributed by atoms with Crippen LogP contribution in [0.5, 0.6) is 5.75 Å². The van der Waals surface area contributed by atoms with E-state index in [0.29, 0.717) is 6.54 Å². The molecule has 0 aliphatic carbocycles. The van der Waals surface area contributed by atoms with E-state index in [-0.39, 0.29) is 18.1 Å². The fourth-order valence-electron chi connectivity index (χ4n) is 1.30. The smallest absolute Gasteiger partial charge is 0.154 e. The summed E-state index contributed by atoms with van der Waals surface area (Å²) in [5, 5.41) is 11.6. The van der Waals surface area contributed by atoms with Crippen LogP contribution in [-0.4, -0.2) is 45.3 Å². The van der Waals surface area contributed by atoms with E-state index in [1.807, 2.05) is 12.1 Å². The molecule has 0 aliphatic rings. The summed E-state index contributed by atoms with van der Waals surface area (Å²) in [6, 6.07) is 7.23. The second kappa shape index (κ2) is 6.46. The molecule has 0 heterocycles. The van der Waals surface area contributed by atoms with Crippen molar-refractivity contribution in [2.75, 3.05) is 37.1 Å². The van der Waals surface area contributed by atoms with Gasteiger partial charge in [0.15, 0.2) is 9.84 Å². The van der Waals surface area contributed by atoms with Crippen LogP contribution in [-0.2, 0) is 9.84 Å². The van der Waals surface area contributed by atoms with Gasteiger partial charge in [-0.3, -0.25) is 0 Å². The highest BCUT2D eigenvalue weighted by molar-refractivity contribution is 7.91. The van der Waals surface area contributed by atoms with Gasteiger partial charge >= 0.3 is 0 Å². The van der Waals surface area contributed by atoms with Crippen molar-refractivity contribution < 1.29 is 18.3 Å². The standard InChI is InChI=1S/C11H17NO4S/c1-16-11-4-2-10(3-5-11)12-6-8-17(14,15)9-7-13/h2-5,12-13H,6-9H2,1H3. The van der Waals surface area contributed by atoms with Crippen LogP contribution in [0.2, 0.25) is 0 Å². The SMILES string of the molecule is COc1ccc(NCCS(=O)(=O)CCO)cc1. The maximum absolute atomic E-state index is 11.3. The van der Waals surface area contributed by atoms with Crippen LogP contribution in [0.3, 0.4) is 0 Å². The molecule has 0 saturated heterocycles. The number of anilines is 1. The van der Waals surface area contributed by atoms with Gasteiger partial charge in [0.1, 0.15) is 5.75 Å². The Bertz CT molecular complexity index is 427. The lowest BCUT2D eigenvalue weighted by molar-refractivity contribution is 0.319. The molecule has 0 aromatic heterocycles. The number of hydrogen-bond acceptors (Lipinski definition) is 5. The number of rotatable bonds is 7. The Hall–Kier alpha value is -1.27. The molecule has 1 rings (SSSR count). The van der Waals surface area contributed by atoms with E-state index in [4.69, 9.17) is 9.84 Å². The minimum absolute atomic E-state index is 0.0135. The normalized spacial score (nSPS) is 11.2. The highest BCUT2D eigenvalue weighted by Crippen LogP contribution is 2.14. The lowest BCUT2D eigenvalue weighted by Gasteiger charge is -2.07. The average Bonchev–Trinajstić information content (AvgIpc) is 2.29. The van der Waals surface area contributed by atoms with Crippen molar-refractivity contribution in [3.05, 3.63) is 24.3 Å². The van der Waals surface area contributed by atoms with Gasteiger partial charge in [-0.15, -0.1) is 0 Å². The van der Waals surface area contributed by atoms with E-state index < -0.39 is 9.84 Å². The van der Waals surface area contributed by atoms with Gasteiger partial charge in [-0.05, 0) is 24.3 Å². The minimum Gasteiger partial charge on any atom is -0.497 e. The molecule has 1 aromatic rings. The van der Waals surface area contributed by atoms with Crippen molar-refractivity contribution in [3.8, 4) is 5.75 Å². The number of aliphatic hydroxyl groups is 1. The summed E-state index contributed by atoms with van der Waals surface area (Å²) < 4.78 is 27.6. The van der Waals surface area contributed by atoms with Gasteiger partial charge in [-0.2, -0.15) is 0 Å². The largest absolute Gasteiger partial charge is 0.497 e. The molecule has 96 valence electrons. The summed E-state index contributed by atoms with van der Waals surface area (Å²) in [5.74, 6) is 0.583. The fraction of sp³-hybridized carbons (Fsp3) is 0.455. The summed E-state index contributed by atoms with van der Waals surface area (Å²) in [5.41, 5.74) is 0.838. The van der Waals surface area contributed by atoms with E-state index in [0.717, 1.165) is 11.4 Å². The van der Waals surface area contributed by atoms with Crippen LogP contribution in [0.1, 0.15) is 0 Å². The van der Waals surface area contributed by atoms with Crippen molar-refractivity contribution >= 4 is 15.5 Å². The van der Waals surface area contributed by atoms with Gasteiger partial charge in [0.05, 0.1) is 25.2 Å². The van der Waals surface area contributed by atoms with E-state index in [2.05, 4.69) is 5.32 Å². The van der Waals surface area contributed by atoms with Gasteiger partial charge in [-0.25, -0.2) is 8.42 Å². The monoisotopic (exact) mass is 259 g/mol. The molecule has 6 heteroatoms. The van der Waals surface area contributed by atoms with Crippen molar-refractivity contribution in [2.45, 2.75) is 0 Å². The highest BCUT2D eigenvalue weighted by atomic mass is 32.2. The summed E-state index contributed by atoms with van der Waals surface area (Å²) >= 11 is 0. The lowest BCUT2D eigenvalue weighted by atomic mass is 10.3. The second-order valence-electron chi connectivity index (χ2n) is 3.53. The zero-order chi connectivity index (χ0) is 12.7. The summed E-state index contributed by atoms with van der Waals surface area (Å²) in [7, 11) is -1.56. The van der Waals surface area contributed by atoms with Gasteiger partial charge in [-0.1, -0.05) is 0 Å². The minimum atomic E-state index is -3.15. The first kappa shape index (κ1) is 13.8. The number of aliphatic hydroxyl groups excluding tert-OH is 1. The quantitative estimate of drug-likeness (QED) is 0.746. The van der Waals surface area contributed by atoms with E-state index in [1.165, 1.54) is 0 Å². The topological polar surface area (TPSA) is 75.6 Å². The van der Waals surface area contributed by atoms with Crippen molar-refractivity contribution in [2.24, 2.45) is 0 Å². The maximum atomic E-state index is 11.3. The predicted molar refractivity (Wildman–Crippen MR) is 67.2 cm³/mol. The first-order valence-electron chi connectivity index (χ1n) is 5.26. The van der Waals surface area contributed by atoms with E-state index in [9.17, 15) is 8.42 Å². The maximum Gasteiger partial charge on any atom is 0.154 e. The Kier molecular flexibility index (Phi) is 5.24. The fourth-order valence-corrected chi connectivity index (χ4v) is 2.20. The molecule has 0 amide bonds. The molecule has 0 spiro atoms. The number of nitrogens with one attached hydrogen (secondary N) is 1. The number of benzene rings is 1. The molecule has 0 saturated carbocycles.